The highest BCUT2D eigenvalue weighted by Gasteiger charge is 2.09. The maximum atomic E-state index is 13.2. The van der Waals surface area contributed by atoms with E-state index in [1.54, 1.807) is 26.4 Å². The van der Waals surface area contributed by atoms with Crippen molar-refractivity contribution in [3.8, 4) is 11.5 Å². The molecule has 0 aliphatic heterocycles. The number of aliphatic imine (C=N–C) groups is 1. The van der Waals surface area contributed by atoms with Crippen molar-refractivity contribution in [1.82, 2.24) is 10.6 Å². The first-order chi connectivity index (χ1) is 12.7. The smallest absolute Gasteiger partial charge is 0.191 e. The van der Waals surface area contributed by atoms with E-state index in [0.29, 0.717) is 37.0 Å². The molecule has 27 heavy (non-hydrogen) atoms. The van der Waals surface area contributed by atoms with E-state index in [1.807, 2.05) is 31.2 Å². The lowest BCUT2D eigenvalue weighted by molar-refractivity contribution is 0.352. The average Bonchev–Trinajstić information content (AvgIpc) is 2.65. The van der Waals surface area contributed by atoms with Gasteiger partial charge in [0.2, 0.25) is 0 Å². The maximum Gasteiger partial charge on any atom is 0.191 e. The van der Waals surface area contributed by atoms with E-state index in [1.165, 1.54) is 6.07 Å². The van der Waals surface area contributed by atoms with E-state index >= 15 is 0 Å². The van der Waals surface area contributed by atoms with Crippen molar-refractivity contribution in [2.45, 2.75) is 19.9 Å². The second-order valence-electron chi connectivity index (χ2n) is 5.65. The second-order valence-corrected chi connectivity index (χ2v) is 5.65. The first-order valence-electron chi connectivity index (χ1n) is 8.64. The highest BCUT2D eigenvalue weighted by Crippen LogP contribution is 2.30. The molecule has 0 spiro atoms. The Kier molecular flexibility index (Phi) is 10.5. The molecule has 0 aliphatic rings. The molecule has 2 rings (SSSR count). The van der Waals surface area contributed by atoms with Gasteiger partial charge < -0.3 is 20.1 Å². The van der Waals surface area contributed by atoms with Gasteiger partial charge in [-0.1, -0.05) is 24.3 Å². The topological polar surface area (TPSA) is 54.9 Å². The van der Waals surface area contributed by atoms with Crippen molar-refractivity contribution in [2.75, 3.05) is 27.3 Å². The molecule has 0 unspecified atom stereocenters. The third kappa shape index (κ3) is 7.24. The highest BCUT2D eigenvalue weighted by atomic mass is 127. The van der Waals surface area contributed by atoms with Crippen molar-refractivity contribution in [2.24, 2.45) is 4.99 Å². The number of hydrogen-bond donors (Lipinski definition) is 2. The van der Waals surface area contributed by atoms with Crippen LogP contribution in [0.5, 0.6) is 11.5 Å². The standard InChI is InChI=1S/C20H26FN3O2.HI/c1-4-22-20(23-12-11-15-7-5-9-17(21)13-15)24-14-16-8-6-10-18(25-2)19(16)26-3;/h5-10,13H,4,11-12,14H2,1-3H3,(H2,22,23,24);1H. The summed E-state index contributed by atoms with van der Waals surface area (Å²) in [5.74, 6) is 1.86. The molecule has 0 radical (unpaired) electrons. The van der Waals surface area contributed by atoms with Crippen molar-refractivity contribution in [3.63, 3.8) is 0 Å². The van der Waals surface area contributed by atoms with Gasteiger partial charge in [-0.3, -0.25) is 0 Å². The summed E-state index contributed by atoms with van der Waals surface area (Å²) in [5.41, 5.74) is 1.89. The molecule has 2 aromatic rings. The van der Waals surface area contributed by atoms with Gasteiger partial charge in [-0.05, 0) is 37.1 Å². The minimum Gasteiger partial charge on any atom is -0.493 e. The minimum absolute atomic E-state index is 0. The molecule has 5 nitrogen and oxygen atoms in total. The molecule has 2 aromatic carbocycles. The zero-order valence-corrected chi connectivity index (χ0v) is 18.3. The number of rotatable bonds is 8. The molecule has 0 heterocycles. The molecule has 0 amide bonds. The summed E-state index contributed by atoms with van der Waals surface area (Å²) in [7, 11) is 3.23. The van der Waals surface area contributed by atoms with Crippen LogP contribution < -0.4 is 20.1 Å². The van der Waals surface area contributed by atoms with Crippen LogP contribution in [0.25, 0.3) is 0 Å². The zero-order valence-electron chi connectivity index (χ0n) is 15.9. The molecule has 0 atom stereocenters. The lowest BCUT2D eigenvalue weighted by Crippen LogP contribution is -2.38. The van der Waals surface area contributed by atoms with Crippen LogP contribution in [0.2, 0.25) is 0 Å². The zero-order chi connectivity index (χ0) is 18.8. The van der Waals surface area contributed by atoms with E-state index in [9.17, 15) is 4.39 Å². The number of benzene rings is 2. The summed E-state index contributed by atoms with van der Waals surface area (Å²) in [6, 6.07) is 12.4. The molecule has 148 valence electrons. The van der Waals surface area contributed by atoms with Crippen LogP contribution in [-0.4, -0.2) is 33.3 Å². The van der Waals surface area contributed by atoms with Crippen molar-refractivity contribution < 1.29 is 13.9 Å². The number of guanidine groups is 1. The van der Waals surface area contributed by atoms with E-state index in [-0.39, 0.29) is 29.8 Å². The normalized spacial score (nSPS) is 10.7. The summed E-state index contributed by atoms with van der Waals surface area (Å²) < 4.78 is 24.0. The van der Waals surface area contributed by atoms with Crippen LogP contribution in [-0.2, 0) is 13.0 Å². The fraction of sp³-hybridized carbons (Fsp3) is 0.350. The number of halogens is 2. The summed E-state index contributed by atoms with van der Waals surface area (Å²) >= 11 is 0. The number of nitrogens with zero attached hydrogens (tertiary/aromatic N) is 1. The van der Waals surface area contributed by atoms with Gasteiger partial charge in [0.25, 0.3) is 0 Å². The van der Waals surface area contributed by atoms with Gasteiger partial charge in [-0.25, -0.2) is 9.38 Å². The number of ether oxygens (including phenoxy) is 2. The Morgan fingerprint density at radius 1 is 1.07 bits per heavy atom. The van der Waals surface area contributed by atoms with E-state index in [0.717, 1.165) is 17.7 Å². The van der Waals surface area contributed by atoms with Gasteiger partial charge in [0.05, 0.1) is 20.8 Å². The van der Waals surface area contributed by atoms with Gasteiger partial charge in [0, 0.05) is 18.7 Å². The van der Waals surface area contributed by atoms with E-state index in [2.05, 4.69) is 15.6 Å². The Hall–Kier alpha value is -2.03. The van der Waals surface area contributed by atoms with E-state index < -0.39 is 0 Å². The first-order valence-corrected chi connectivity index (χ1v) is 8.64. The van der Waals surface area contributed by atoms with Crippen molar-refractivity contribution in [3.05, 3.63) is 59.4 Å². The molecule has 0 saturated carbocycles. The van der Waals surface area contributed by atoms with E-state index in [4.69, 9.17) is 9.47 Å². The molecule has 0 fully saturated rings. The summed E-state index contributed by atoms with van der Waals surface area (Å²) in [5, 5.41) is 6.48. The Balaban J connectivity index is 0.00000364. The number of hydrogen-bond acceptors (Lipinski definition) is 3. The van der Waals surface area contributed by atoms with Gasteiger partial charge in [0.15, 0.2) is 17.5 Å². The molecule has 0 saturated heterocycles. The lowest BCUT2D eigenvalue weighted by atomic mass is 10.1. The summed E-state index contributed by atoms with van der Waals surface area (Å²) in [6.45, 7) is 3.87. The third-order valence-electron chi connectivity index (χ3n) is 3.83. The number of para-hydroxylation sites is 1. The fourth-order valence-corrected chi connectivity index (χ4v) is 2.60. The Morgan fingerprint density at radius 3 is 2.52 bits per heavy atom. The van der Waals surface area contributed by atoms with Crippen molar-refractivity contribution >= 4 is 29.9 Å². The largest absolute Gasteiger partial charge is 0.493 e. The molecular weight excluding hydrogens is 460 g/mol. The number of methoxy groups -OCH3 is 2. The van der Waals surface area contributed by atoms with Crippen molar-refractivity contribution in [1.29, 1.82) is 0 Å². The molecule has 7 heteroatoms. The maximum absolute atomic E-state index is 13.2. The molecule has 0 aliphatic carbocycles. The Morgan fingerprint density at radius 2 is 1.85 bits per heavy atom. The summed E-state index contributed by atoms with van der Waals surface area (Å²) in [4.78, 5) is 4.60. The SMILES string of the molecule is CCNC(=NCc1cccc(OC)c1OC)NCCc1cccc(F)c1.I. The van der Waals surface area contributed by atoms with Crippen LogP contribution in [0.1, 0.15) is 18.1 Å². The van der Waals surface area contributed by atoms with Gasteiger partial charge in [-0.2, -0.15) is 0 Å². The Labute approximate surface area is 177 Å². The molecular formula is C20H27FIN3O2. The van der Waals surface area contributed by atoms with Crippen LogP contribution >= 0.6 is 24.0 Å². The second kappa shape index (κ2) is 12.4. The van der Waals surface area contributed by atoms with Gasteiger partial charge in [-0.15, -0.1) is 24.0 Å². The van der Waals surface area contributed by atoms with Crippen LogP contribution in [0.15, 0.2) is 47.5 Å². The molecule has 2 N–H and O–H groups in total. The summed E-state index contributed by atoms with van der Waals surface area (Å²) in [6.07, 6.45) is 0.713. The van der Waals surface area contributed by atoms with Gasteiger partial charge in [0.1, 0.15) is 5.82 Å². The monoisotopic (exact) mass is 487 g/mol. The quantitative estimate of drug-likeness (QED) is 0.339. The predicted molar refractivity (Wildman–Crippen MR) is 118 cm³/mol. The first kappa shape index (κ1) is 23.0. The highest BCUT2D eigenvalue weighted by molar-refractivity contribution is 14.0. The fourth-order valence-electron chi connectivity index (χ4n) is 2.60. The molecule has 0 bridgehead atoms. The van der Waals surface area contributed by atoms with Crippen LogP contribution in [0.3, 0.4) is 0 Å². The van der Waals surface area contributed by atoms with Crippen LogP contribution in [0, 0.1) is 5.82 Å². The van der Waals surface area contributed by atoms with Crippen LogP contribution in [0.4, 0.5) is 4.39 Å². The Bertz CT molecular complexity index is 741. The number of nitrogens with one attached hydrogen (secondary N) is 2. The lowest BCUT2D eigenvalue weighted by Gasteiger charge is -2.13. The average molecular weight is 487 g/mol. The predicted octanol–water partition coefficient (Wildman–Crippen LogP) is 3.76. The minimum atomic E-state index is -0.215. The molecule has 0 aromatic heterocycles. The van der Waals surface area contributed by atoms with Gasteiger partial charge >= 0.3 is 0 Å². The third-order valence-corrected chi connectivity index (χ3v) is 3.83.